The molecule has 5 nitrogen and oxygen atoms in total. The molecule has 136 valence electrons. The molecular formula is C20H22ClN3O2. The lowest BCUT2D eigenvalue weighted by Gasteiger charge is -2.32. The van der Waals surface area contributed by atoms with E-state index in [9.17, 15) is 4.79 Å². The second-order valence-corrected chi connectivity index (χ2v) is 7.19. The third-order valence-electron chi connectivity index (χ3n) is 5.20. The highest BCUT2D eigenvalue weighted by molar-refractivity contribution is 6.31. The van der Waals surface area contributed by atoms with Crippen LogP contribution in [-0.2, 0) is 6.54 Å². The molecule has 0 spiro atoms. The molecule has 4 rings (SSSR count). The number of hydrogen-bond donors (Lipinski definition) is 1. The molecule has 1 aromatic heterocycles. The zero-order valence-electron chi connectivity index (χ0n) is 14.7. The van der Waals surface area contributed by atoms with Crippen molar-refractivity contribution in [3.8, 4) is 5.75 Å². The van der Waals surface area contributed by atoms with Gasteiger partial charge in [0, 0.05) is 36.8 Å². The Bertz CT molecular complexity index is 971. The Balaban J connectivity index is 1.50. The van der Waals surface area contributed by atoms with Crippen LogP contribution >= 0.6 is 11.6 Å². The minimum Gasteiger partial charge on any atom is -0.497 e. The molecule has 1 saturated heterocycles. The number of nitrogens with one attached hydrogen (secondary N) is 1. The van der Waals surface area contributed by atoms with Gasteiger partial charge in [-0.05, 0) is 36.6 Å². The van der Waals surface area contributed by atoms with Crippen LogP contribution in [0.25, 0.3) is 11.0 Å². The van der Waals surface area contributed by atoms with Crippen molar-refractivity contribution in [2.24, 2.45) is 0 Å². The van der Waals surface area contributed by atoms with E-state index in [0.717, 1.165) is 59.8 Å². The number of methoxy groups -OCH3 is 1. The summed E-state index contributed by atoms with van der Waals surface area (Å²) in [5.74, 6) is 0.750. The smallest absolute Gasteiger partial charge is 0.326 e. The van der Waals surface area contributed by atoms with Crippen LogP contribution in [0, 0.1) is 0 Å². The quantitative estimate of drug-likeness (QED) is 0.758. The van der Waals surface area contributed by atoms with Crippen molar-refractivity contribution in [1.29, 1.82) is 0 Å². The molecule has 2 heterocycles. The lowest BCUT2D eigenvalue weighted by molar-refractivity contribution is 0.180. The van der Waals surface area contributed by atoms with E-state index in [2.05, 4.69) is 16.0 Å². The second-order valence-electron chi connectivity index (χ2n) is 6.78. The van der Waals surface area contributed by atoms with Crippen LogP contribution in [0.2, 0.25) is 5.02 Å². The molecule has 2 aromatic carbocycles. The van der Waals surface area contributed by atoms with Crippen molar-refractivity contribution in [2.75, 3.05) is 20.2 Å². The van der Waals surface area contributed by atoms with E-state index in [0.29, 0.717) is 0 Å². The number of hydrogen-bond acceptors (Lipinski definition) is 3. The molecule has 0 amide bonds. The summed E-state index contributed by atoms with van der Waals surface area (Å²) in [6.07, 6.45) is 1.90. The van der Waals surface area contributed by atoms with E-state index in [1.165, 1.54) is 0 Å². The van der Waals surface area contributed by atoms with Crippen LogP contribution in [0.4, 0.5) is 0 Å². The number of aromatic nitrogens is 2. The molecule has 6 heteroatoms. The molecule has 0 radical (unpaired) electrons. The fourth-order valence-electron chi connectivity index (χ4n) is 3.80. The Kier molecular flexibility index (Phi) is 4.74. The predicted molar refractivity (Wildman–Crippen MR) is 104 cm³/mol. The Labute approximate surface area is 157 Å². The van der Waals surface area contributed by atoms with E-state index in [1.54, 1.807) is 7.11 Å². The van der Waals surface area contributed by atoms with Gasteiger partial charge in [0.1, 0.15) is 5.75 Å². The van der Waals surface area contributed by atoms with Crippen LogP contribution in [0.5, 0.6) is 5.75 Å². The number of aromatic amines is 1. The monoisotopic (exact) mass is 371 g/mol. The molecule has 0 saturated carbocycles. The van der Waals surface area contributed by atoms with Gasteiger partial charge in [0.25, 0.3) is 0 Å². The van der Waals surface area contributed by atoms with Crippen LogP contribution in [0.1, 0.15) is 24.4 Å². The molecule has 0 atom stereocenters. The number of nitrogens with zero attached hydrogens (tertiary/aromatic N) is 2. The number of piperidine rings is 1. The molecule has 1 N–H and O–H groups in total. The zero-order valence-corrected chi connectivity index (χ0v) is 15.5. The molecule has 0 bridgehead atoms. The minimum atomic E-state index is -0.0437. The first kappa shape index (κ1) is 17.2. The molecule has 1 fully saturated rings. The van der Waals surface area contributed by atoms with Crippen molar-refractivity contribution >= 4 is 22.6 Å². The van der Waals surface area contributed by atoms with Gasteiger partial charge in [-0.1, -0.05) is 29.8 Å². The SMILES string of the molecule is COc1ccc2c(c1)[nH]c(=O)n2C1CCN(Cc2ccccc2Cl)CC1. The topological polar surface area (TPSA) is 50.3 Å². The van der Waals surface area contributed by atoms with Crippen molar-refractivity contribution in [1.82, 2.24) is 14.5 Å². The molecule has 3 aromatic rings. The first-order valence-corrected chi connectivity index (χ1v) is 9.27. The summed E-state index contributed by atoms with van der Waals surface area (Å²) in [5, 5.41) is 0.816. The standard InChI is InChI=1S/C20H22ClN3O2/c1-26-16-6-7-19-18(12-16)22-20(25)24(19)15-8-10-23(11-9-15)13-14-4-2-3-5-17(14)21/h2-7,12,15H,8-11,13H2,1H3,(H,22,25). The average molecular weight is 372 g/mol. The third kappa shape index (κ3) is 3.24. The van der Waals surface area contributed by atoms with Gasteiger partial charge in [0.2, 0.25) is 0 Å². The van der Waals surface area contributed by atoms with Gasteiger partial charge < -0.3 is 9.72 Å². The van der Waals surface area contributed by atoms with Crippen LogP contribution < -0.4 is 10.4 Å². The molecule has 0 unspecified atom stereocenters. The van der Waals surface area contributed by atoms with Gasteiger partial charge in [0.15, 0.2) is 0 Å². The van der Waals surface area contributed by atoms with Crippen LogP contribution in [0.3, 0.4) is 0 Å². The summed E-state index contributed by atoms with van der Waals surface area (Å²) in [5.41, 5.74) is 2.88. The first-order valence-electron chi connectivity index (χ1n) is 8.90. The Hall–Kier alpha value is -2.24. The van der Waals surface area contributed by atoms with Gasteiger partial charge in [-0.25, -0.2) is 4.79 Å². The van der Waals surface area contributed by atoms with Crippen molar-refractivity contribution in [3.05, 3.63) is 63.5 Å². The molecular weight excluding hydrogens is 350 g/mol. The number of likely N-dealkylation sites (tertiary alicyclic amines) is 1. The average Bonchev–Trinajstić information content (AvgIpc) is 2.99. The number of halogens is 1. The summed E-state index contributed by atoms with van der Waals surface area (Å²) in [6.45, 7) is 2.75. The fourth-order valence-corrected chi connectivity index (χ4v) is 4.00. The predicted octanol–water partition coefficient (Wildman–Crippen LogP) is 3.83. The van der Waals surface area contributed by atoms with Gasteiger partial charge in [-0.2, -0.15) is 0 Å². The van der Waals surface area contributed by atoms with E-state index in [4.69, 9.17) is 16.3 Å². The summed E-state index contributed by atoms with van der Waals surface area (Å²) >= 11 is 6.28. The van der Waals surface area contributed by atoms with Gasteiger partial charge in [0.05, 0.1) is 18.1 Å². The highest BCUT2D eigenvalue weighted by Crippen LogP contribution is 2.28. The number of benzene rings is 2. The van der Waals surface area contributed by atoms with Crippen molar-refractivity contribution in [2.45, 2.75) is 25.4 Å². The van der Waals surface area contributed by atoms with Crippen LogP contribution in [0.15, 0.2) is 47.3 Å². The number of imidazole rings is 1. The fraction of sp³-hybridized carbons (Fsp3) is 0.350. The highest BCUT2D eigenvalue weighted by atomic mass is 35.5. The largest absolute Gasteiger partial charge is 0.497 e. The van der Waals surface area contributed by atoms with E-state index >= 15 is 0 Å². The molecule has 0 aliphatic carbocycles. The van der Waals surface area contributed by atoms with Gasteiger partial charge in [-0.15, -0.1) is 0 Å². The summed E-state index contributed by atoms with van der Waals surface area (Å²) in [7, 11) is 1.63. The summed E-state index contributed by atoms with van der Waals surface area (Å²) < 4.78 is 7.15. The summed E-state index contributed by atoms with van der Waals surface area (Å²) in [6, 6.07) is 13.9. The highest BCUT2D eigenvalue weighted by Gasteiger charge is 2.24. The Morgan fingerprint density at radius 2 is 1.96 bits per heavy atom. The van der Waals surface area contributed by atoms with Crippen LogP contribution in [-0.4, -0.2) is 34.7 Å². The van der Waals surface area contributed by atoms with Crippen molar-refractivity contribution < 1.29 is 4.74 Å². The van der Waals surface area contributed by atoms with Crippen molar-refractivity contribution in [3.63, 3.8) is 0 Å². The molecule has 1 aliphatic rings. The maximum absolute atomic E-state index is 12.5. The lowest BCUT2D eigenvalue weighted by Crippen LogP contribution is -2.36. The Morgan fingerprint density at radius 1 is 1.19 bits per heavy atom. The zero-order chi connectivity index (χ0) is 18.1. The third-order valence-corrected chi connectivity index (χ3v) is 5.57. The molecule has 1 aliphatic heterocycles. The minimum absolute atomic E-state index is 0.0437. The van der Waals surface area contributed by atoms with E-state index in [-0.39, 0.29) is 11.7 Å². The lowest BCUT2D eigenvalue weighted by atomic mass is 10.0. The maximum atomic E-state index is 12.5. The number of H-pyrrole nitrogens is 1. The number of rotatable bonds is 4. The van der Waals surface area contributed by atoms with E-state index < -0.39 is 0 Å². The van der Waals surface area contributed by atoms with Gasteiger partial charge >= 0.3 is 5.69 Å². The molecule has 26 heavy (non-hydrogen) atoms. The number of ether oxygens (including phenoxy) is 1. The Morgan fingerprint density at radius 3 is 2.69 bits per heavy atom. The summed E-state index contributed by atoms with van der Waals surface area (Å²) in [4.78, 5) is 17.8. The second kappa shape index (κ2) is 7.17. The van der Waals surface area contributed by atoms with E-state index in [1.807, 2.05) is 41.0 Å². The normalized spacial score (nSPS) is 16.2. The van der Waals surface area contributed by atoms with Gasteiger partial charge in [-0.3, -0.25) is 9.47 Å². The number of fused-ring (bicyclic) bond motifs is 1. The maximum Gasteiger partial charge on any atom is 0.326 e. The first-order chi connectivity index (χ1) is 12.7.